The minimum absolute atomic E-state index is 0.0591. The molecule has 0 unspecified atom stereocenters. The number of nitrogens with one attached hydrogen (secondary N) is 1. The van der Waals surface area contributed by atoms with E-state index in [1.54, 1.807) is 12.1 Å². The zero-order chi connectivity index (χ0) is 19.3. The summed E-state index contributed by atoms with van der Waals surface area (Å²) in [4.78, 5) is 18.3. The third kappa shape index (κ3) is 4.49. The molecule has 2 aromatic carbocycles. The highest BCUT2D eigenvalue weighted by Gasteiger charge is 2.19. The molecule has 1 aliphatic rings. The molecule has 0 aliphatic carbocycles. The van der Waals surface area contributed by atoms with Crippen LogP contribution in [-0.4, -0.2) is 53.2 Å². The van der Waals surface area contributed by atoms with Crippen molar-refractivity contribution >= 4 is 17.0 Å². The summed E-state index contributed by atoms with van der Waals surface area (Å²) in [7, 11) is 0. The molecule has 3 aromatic rings. The molecule has 7 nitrogen and oxygen atoms in total. The molecule has 2 heterocycles. The highest BCUT2D eigenvalue weighted by atomic mass is 16.6. The van der Waals surface area contributed by atoms with Crippen molar-refractivity contribution in [2.45, 2.75) is 19.1 Å². The van der Waals surface area contributed by atoms with Crippen LogP contribution in [0.3, 0.4) is 0 Å². The minimum Gasteiger partial charge on any atom is -0.440 e. The minimum atomic E-state index is -0.640. The van der Waals surface area contributed by atoms with Crippen molar-refractivity contribution in [3.8, 4) is 6.08 Å². The molecule has 4 rings (SSSR count). The van der Waals surface area contributed by atoms with Gasteiger partial charge in [0, 0.05) is 26.2 Å². The first kappa shape index (κ1) is 18.5. The molecule has 146 valence electrons. The molecule has 0 saturated carbocycles. The summed E-state index contributed by atoms with van der Waals surface area (Å²) in [6.45, 7) is 2.20. The molecule has 0 bridgehead atoms. The first-order valence-electron chi connectivity index (χ1n) is 9.39. The van der Waals surface area contributed by atoms with Crippen molar-refractivity contribution < 1.29 is 19.1 Å². The topological polar surface area (TPSA) is 87.8 Å². The van der Waals surface area contributed by atoms with Crippen LogP contribution in [0, 0.1) is 0 Å². The number of β-amino-alcohol motifs (C(OH)–C–C–N with tert-alkyl or cyclic N) is 1. The molecule has 1 atom stereocenters. The van der Waals surface area contributed by atoms with E-state index in [9.17, 15) is 9.90 Å². The van der Waals surface area contributed by atoms with Crippen LogP contribution in [0.25, 0.3) is 11.1 Å². The number of aromatic nitrogens is 1. The molecule has 7 heteroatoms. The lowest BCUT2D eigenvalue weighted by Crippen LogP contribution is -2.42. The lowest BCUT2D eigenvalue weighted by molar-refractivity contribution is -0.124. The Balaban J connectivity index is 1.19. The number of aliphatic hydroxyl groups excluding tert-OH is 1. The van der Waals surface area contributed by atoms with Crippen LogP contribution in [0.15, 0.2) is 52.9 Å². The monoisotopic (exact) mass is 381 g/mol. The number of benzene rings is 2. The van der Waals surface area contributed by atoms with Crippen molar-refractivity contribution in [3.05, 3.63) is 59.7 Å². The summed E-state index contributed by atoms with van der Waals surface area (Å²) >= 11 is 0. The van der Waals surface area contributed by atoms with E-state index >= 15 is 0 Å². The van der Waals surface area contributed by atoms with Crippen molar-refractivity contribution in [3.63, 3.8) is 0 Å². The number of nitrogens with zero attached hydrogens (tertiary/aromatic N) is 2. The fourth-order valence-corrected chi connectivity index (χ4v) is 3.40. The van der Waals surface area contributed by atoms with Crippen LogP contribution in [0.1, 0.15) is 11.1 Å². The Morgan fingerprint density at radius 1 is 1.21 bits per heavy atom. The summed E-state index contributed by atoms with van der Waals surface area (Å²) in [6, 6.07) is 15.7. The maximum atomic E-state index is 12.0. The molecule has 0 saturated heterocycles. The predicted molar refractivity (Wildman–Crippen MR) is 104 cm³/mol. The summed E-state index contributed by atoms with van der Waals surface area (Å²) in [5.74, 6) is -0.328. The Hall–Kier alpha value is -2.90. The van der Waals surface area contributed by atoms with Crippen LogP contribution < -0.4 is 10.1 Å². The second-order valence-corrected chi connectivity index (χ2v) is 6.95. The zero-order valence-corrected chi connectivity index (χ0v) is 15.5. The van der Waals surface area contributed by atoms with Crippen molar-refractivity contribution in [2.75, 3.05) is 26.2 Å². The lowest BCUT2D eigenvalue weighted by Gasteiger charge is -2.30. The number of rotatable bonds is 7. The van der Waals surface area contributed by atoms with Crippen LogP contribution in [0.2, 0.25) is 0 Å². The number of ether oxygens (including phenoxy) is 1. The van der Waals surface area contributed by atoms with E-state index < -0.39 is 6.10 Å². The molecular weight excluding hydrogens is 358 g/mol. The van der Waals surface area contributed by atoms with Gasteiger partial charge in [-0.25, -0.2) is 0 Å². The highest BCUT2D eigenvalue weighted by molar-refractivity contribution is 5.77. The van der Waals surface area contributed by atoms with E-state index in [-0.39, 0.29) is 25.1 Å². The molecule has 2 N–H and O–H groups in total. The van der Waals surface area contributed by atoms with Gasteiger partial charge in [0.05, 0.1) is 6.10 Å². The van der Waals surface area contributed by atoms with Crippen molar-refractivity contribution in [1.82, 2.24) is 15.2 Å². The quantitative estimate of drug-likeness (QED) is 0.648. The van der Waals surface area contributed by atoms with Gasteiger partial charge in [0.2, 0.25) is 0 Å². The SMILES string of the molecule is O=C(COc1nc2ccccc2o1)NC[C@@H](O)CN1CCc2ccccc2C1. The van der Waals surface area contributed by atoms with Gasteiger partial charge in [0.1, 0.15) is 5.52 Å². The normalized spacial score (nSPS) is 15.2. The lowest BCUT2D eigenvalue weighted by atomic mass is 10.00. The number of fused-ring (bicyclic) bond motifs is 2. The van der Waals surface area contributed by atoms with E-state index in [1.807, 2.05) is 18.2 Å². The van der Waals surface area contributed by atoms with Gasteiger partial charge in [-0.2, -0.15) is 4.98 Å². The average molecular weight is 381 g/mol. The van der Waals surface area contributed by atoms with Crippen molar-refractivity contribution in [1.29, 1.82) is 0 Å². The third-order valence-corrected chi connectivity index (χ3v) is 4.81. The second kappa shape index (κ2) is 8.41. The Morgan fingerprint density at radius 2 is 2.00 bits per heavy atom. The number of hydrogen-bond donors (Lipinski definition) is 2. The maximum absolute atomic E-state index is 12.0. The molecule has 0 radical (unpaired) electrons. The second-order valence-electron chi connectivity index (χ2n) is 6.95. The van der Waals surface area contributed by atoms with E-state index in [0.717, 1.165) is 19.5 Å². The number of oxazole rings is 1. The number of amides is 1. The van der Waals surface area contributed by atoms with E-state index in [0.29, 0.717) is 17.6 Å². The standard InChI is InChI=1S/C21H23N3O4/c25-17(13-24-10-9-15-5-1-2-6-16(15)12-24)11-22-20(26)14-27-21-23-18-7-3-4-8-19(18)28-21/h1-8,17,25H,9-14H2,(H,22,26)/t17-/m1/s1. The zero-order valence-electron chi connectivity index (χ0n) is 15.5. The number of aliphatic hydroxyl groups is 1. The number of carbonyl (C=O) groups is 1. The van der Waals surface area contributed by atoms with Gasteiger partial charge in [-0.15, -0.1) is 0 Å². The molecular formula is C21H23N3O4. The van der Waals surface area contributed by atoms with Crippen LogP contribution >= 0.6 is 0 Å². The van der Waals surface area contributed by atoms with E-state index in [1.165, 1.54) is 11.1 Å². The average Bonchev–Trinajstić information content (AvgIpc) is 3.14. The first-order chi connectivity index (χ1) is 13.7. The largest absolute Gasteiger partial charge is 0.440 e. The Labute approximate surface area is 162 Å². The summed E-state index contributed by atoms with van der Waals surface area (Å²) in [6.07, 6.45) is 0.399. The van der Waals surface area contributed by atoms with E-state index in [4.69, 9.17) is 9.15 Å². The van der Waals surface area contributed by atoms with Gasteiger partial charge in [-0.3, -0.25) is 9.69 Å². The van der Waals surface area contributed by atoms with E-state index in [2.05, 4.69) is 33.4 Å². The third-order valence-electron chi connectivity index (χ3n) is 4.81. The van der Waals surface area contributed by atoms with Gasteiger partial charge in [-0.1, -0.05) is 36.4 Å². The Morgan fingerprint density at radius 3 is 2.86 bits per heavy atom. The molecule has 1 amide bonds. The Kier molecular flexibility index (Phi) is 5.55. The number of para-hydroxylation sites is 2. The number of carbonyl (C=O) groups excluding carboxylic acids is 1. The van der Waals surface area contributed by atoms with Crippen LogP contribution in [-0.2, 0) is 17.8 Å². The highest BCUT2D eigenvalue weighted by Crippen LogP contribution is 2.20. The van der Waals surface area contributed by atoms with Crippen molar-refractivity contribution in [2.24, 2.45) is 0 Å². The summed E-state index contributed by atoms with van der Waals surface area (Å²) in [5.41, 5.74) is 3.96. The first-order valence-corrected chi connectivity index (χ1v) is 9.39. The van der Waals surface area contributed by atoms with Crippen LogP contribution in [0.4, 0.5) is 0 Å². The Bertz CT molecular complexity index is 922. The summed E-state index contributed by atoms with van der Waals surface area (Å²) in [5, 5.41) is 12.9. The predicted octanol–water partition coefficient (Wildman–Crippen LogP) is 1.74. The fraction of sp³-hybridized carbons (Fsp3) is 0.333. The van der Waals surface area contributed by atoms with Gasteiger partial charge in [0.15, 0.2) is 12.2 Å². The van der Waals surface area contributed by atoms with Crippen LogP contribution in [0.5, 0.6) is 6.08 Å². The number of hydrogen-bond acceptors (Lipinski definition) is 6. The maximum Gasteiger partial charge on any atom is 0.395 e. The molecule has 28 heavy (non-hydrogen) atoms. The van der Waals surface area contributed by atoms with Gasteiger partial charge in [0.25, 0.3) is 5.91 Å². The molecule has 1 aliphatic heterocycles. The summed E-state index contributed by atoms with van der Waals surface area (Å²) < 4.78 is 10.7. The molecule has 0 spiro atoms. The molecule has 0 fully saturated rings. The van der Waals surface area contributed by atoms with Gasteiger partial charge < -0.3 is 19.6 Å². The van der Waals surface area contributed by atoms with Gasteiger partial charge in [-0.05, 0) is 29.7 Å². The fourth-order valence-electron chi connectivity index (χ4n) is 3.40. The smallest absolute Gasteiger partial charge is 0.395 e. The molecule has 1 aromatic heterocycles. The van der Waals surface area contributed by atoms with Gasteiger partial charge >= 0.3 is 6.08 Å².